The van der Waals surface area contributed by atoms with Gasteiger partial charge in [0.05, 0.1) is 0 Å². The molecule has 0 saturated heterocycles. The molecule has 0 saturated carbocycles. The van der Waals surface area contributed by atoms with Gasteiger partial charge < -0.3 is 0 Å². The molecule has 0 unspecified atom stereocenters. The number of hydrogen-bond acceptors (Lipinski definition) is 1. The van der Waals surface area contributed by atoms with Gasteiger partial charge in [0.15, 0.2) is 0 Å². The predicted octanol–water partition coefficient (Wildman–Crippen LogP) is 2.72. The van der Waals surface area contributed by atoms with Crippen LogP contribution < -0.4 is 0 Å². The molecule has 0 radical (unpaired) electrons. The van der Waals surface area contributed by atoms with E-state index in [1.165, 1.54) is 8.94 Å². The number of rotatable bonds is 3. The van der Waals surface area contributed by atoms with Crippen molar-refractivity contribution in [3.63, 3.8) is 0 Å². The summed E-state index contributed by atoms with van der Waals surface area (Å²) in [7, 11) is 0. The minimum atomic E-state index is 0.219. The van der Waals surface area contributed by atoms with E-state index in [0.717, 1.165) is 33.4 Å². The van der Waals surface area contributed by atoms with Crippen molar-refractivity contribution in [2.45, 2.75) is 19.8 Å². The Morgan fingerprint density at radius 2 is 2.21 bits per heavy atom. The third-order valence-electron chi connectivity index (χ3n) is 2.21. The number of carbonyl (C=O) groups is 1. The first-order valence-electron chi connectivity index (χ1n) is 4.66. The van der Waals surface area contributed by atoms with Gasteiger partial charge in [-0.05, 0) is 0 Å². The van der Waals surface area contributed by atoms with Crippen LogP contribution in [0.4, 0.5) is 0 Å². The van der Waals surface area contributed by atoms with E-state index < -0.39 is 0 Å². The van der Waals surface area contributed by atoms with E-state index in [-0.39, 0.29) is 5.78 Å². The molecule has 0 amide bonds. The zero-order valence-corrected chi connectivity index (χ0v) is 9.17. The number of ketones is 1. The van der Waals surface area contributed by atoms with Crippen molar-refractivity contribution in [2.24, 2.45) is 0 Å². The van der Waals surface area contributed by atoms with Gasteiger partial charge in [-0.25, -0.2) is 0 Å². The number of hydrogen-bond donors (Lipinski definition) is 0. The van der Waals surface area contributed by atoms with Crippen molar-refractivity contribution in [1.82, 2.24) is 0 Å². The zero-order chi connectivity index (χ0) is 9.97. The number of carbonyl (C=O) groups excluding carboxylic acids is 1. The average molecular weight is 228 g/mol. The number of allylic oxidation sites excluding steroid dienone is 8. The zero-order valence-electron chi connectivity index (χ0n) is 8.06. The first kappa shape index (κ1) is 9.69. The van der Waals surface area contributed by atoms with Gasteiger partial charge in [0.25, 0.3) is 0 Å². The Labute approximate surface area is 90.4 Å². The van der Waals surface area contributed by atoms with Crippen LogP contribution in [0.3, 0.4) is 0 Å². The Balaban J connectivity index is 2.12. The van der Waals surface area contributed by atoms with Gasteiger partial charge in [-0.3, -0.25) is 0 Å². The van der Waals surface area contributed by atoms with Crippen molar-refractivity contribution < 1.29 is 19.8 Å². The summed E-state index contributed by atoms with van der Waals surface area (Å²) in [6.45, 7) is 1.66. The van der Waals surface area contributed by atoms with Crippen LogP contribution in [0.5, 0.6) is 0 Å². The molecule has 0 spiro atoms. The molecule has 0 aromatic carbocycles. The second-order valence-corrected chi connectivity index (χ2v) is 4.87. The first-order valence-corrected chi connectivity index (χ1v) is 5.76. The van der Waals surface area contributed by atoms with Crippen LogP contribution in [0.1, 0.15) is 19.8 Å². The van der Waals surface area contributed by atoms with E-state index in [1.807, 2.05) is 0 Å². The molecule has 0 atom stereocenters. The summed E-state index contributed by atoms with van der Waals surface area (Å²) in [5, 5.41) is 0. The third kappa shape index (κ3) is 1.97. The minimum absolute atomic E-state index is 0.219. The van der Waals surface area contributed by atoms with Crippen molar-refractivity contribution in [3.8, 4) is 0 Å². The van der Waals surface area contributed by atoms with E-state index in [0.29, 0.717) is 0 Å². The molecule has 2 rings (SSSR count). The fraction of sp³-hybridized carbons (Fsp3) is 0.250. The van der Waals surface area contributed by atoms with Gasteiger partial charge in [-0.1, -0.05) is 0 Å². The first-order chi connectivity index (χ1) is 6.77. The molecule has 14 heavy (non-hydrogen) atoms. The van der Waals surface area contributed by atoms with Gasteiger partial charge in [-0.2, -0.15) is 0 Å². The molecule has 0 heterocycles. The standard InChI is InChI=1S/C7H7O.C5H5.Fe/c1-6(8)7-4-2-3-5-7;1-2-4-5-3-1;/h2-3H,4H2,1H3;1-3H,4H2;. The van der Waals surface area contributed by atoms with Crippen LogP contribution in [0.15, 0.2) is 44.9 Å². The molecule has 0 aromatic heterocycles. The topological polar surface area (TPSA) is 17.1 Å². The van der Waals surface area contributed by atoms with Gasteiger partial charge in [0.2, 0.25) is 0 Å². The molecule has 0 N–H and O–H groups in total. The maximum atomic E-state index is 11.3. The van der Waals surface area contributed by atoms with Crippen molar-refractivity contribution in [1.29, 1.82) is 0 Å². The molecule has 0 aromatic rings. The summed E-state index contributed by atoms with van der Waals surface area (Å²) in [6.07, 6.45) is 12.4. The van der Waals surface area contributed by atoms with E-state index in [9.17, 15) is 4.79 Å². The SMILES string of the molecule is CC(=O)C1=[C]([Fe][C]2=CC=CC2)C=CC1. The Morgan fingerprint density at radius 3 is 2.86 bits per heavy atom. The Kier molecular flexibility index (Phi) is 2.85. The molecule has 2 heteroatoms. The predicted molar refractivity (Wildman–Crippen MR) is 53.3 cm³/mol. The van der Waals surface area contributed by atoms with E-state index in [4.69, 9.17) is 0 Å². The van der Waals surface area contributed by atoms with Gasteiger partial charge in [-0.15, -0.1) is 0 Å². The molecule has 0 fully saturated rings. The number of Topliss-reactive ketones (excluding diaryl/α,β-unsaturated/α-hetero) is 1. The second-order valence-electron chi connectivity index (χ2n) is 3.29. The Bertz CT molecular complexity index is 383. The summed E-state index contributed by atoms with van der Waals surface area (Å²) >= 11 is 0.943. The second kappa shape index (κ2) is 4.12. The van der Waals surface area contributed by atoms with E-state index >= 15 is 0 Å². The van der Waals surface area contributed by atoms with Crippen LogP contribution in [-0.2, 0) is 19.8 Å². The quantitative estimate of drug-likeness (QED) is 0.678. The van der Waals surface area contributed by atoms with E-state index in [1.54, 1.807) is 6.92 Å². The van der Waals surface area contributed by atoms with Crippen molar-refractivity contribution in [2.75, 3.05) is 0 Å². The van der Waals surface area contributed by atoms with Crippen LogP contribution >= 0.6 is 0 Å². The van der Waals surface area contributed by atoms with Gasteiger partial charge in [0, 0.05) is 0 Å². The van der Waals surface area contributed by atoms with Gasteiger partial charge in [0.1, 0.15) is 0 Å². The molecule has 1 nitrogen and oxygen atoms in total. The Morgan fingerprint density at radius 1 is 1.36 bits per heavy atom. The Hall–Kier alpha value is -0.851. The monoisotopic (exact) mass is 228 g/mol. The summed E-state index contributed by atoms with van der Waals surface area (Å²) in [5.74, 6) is 0.219. The average Bonchev–Trinajstić information content (AvgIpc) is 2.75. The third-order valence-corrected chi connectivity index (χ3v) is 3.79. The molecule has 0 aliphatic heterocycles. The normalized spacial score (nSPS) is 19.6. The fourth-order valence-corrected chi connectivity index (χ4v) is 2.99. The molecule has 2 aliphatic carbocycles. The summed E-state index contributed by atoms with van der Waals surface area (Å²) < 4.78 is 2.62. The molecular formula is C12H12FeO. The molecule has 2 aliphatic rings. The molecule has 74 valence electrons. The molecule has 0 bridgehead atoms. The summed E-state index contributed by atoms with van der Waals surface area (Å²) in [5.41, 5.74) is 0.998. The van der Waals surface area contributed by atoms with Crippen LogP contribution in [0.25, 0.3) is 0 Å². The maximum absolute atomic E-state index is 11.3. The fourth-order valence-electron chi connectivity index (χ4n) is 1.47. The summed E-state index contributed by atoms with van der Waals surface area (Å²) in [6, 6.07) is 0. The van der Waals surface area contributed by atoms with Crippen LogP contribution in [-0.4, -0.2) is 5.78 Å². The summed E-state index contributed by atoms with van der Waals surface area (Å²) in [4.78, 5) is 11.3. The van der Waals surface area contributed by atoms with Crippen LogP contribution in [0, 0.1) is 0 Å². The van der Waals surface area contributed by atoms with Crippen LogP contribution in [0.2, 0.25) is 0 Å². The van der Waals surface area contributed by atoms with Crippen molar-refractivity contribution >= 4 is 5.78 Å². The van der Waals surface area contributed by atoms with E-state index in [2.05, 4.69) is 30.4 Å². The van der Waals surface area contributed by atoms with Gasteiger partial charge >= 0.3 is 90.2 Å². The molecular weight excluding hydrogens is 216 g/mol. The van der Waals surface area contributed by atoms with Crippen molar-refractivity contribution in [3.05, 3.63) is 44.9 Å².